The first-order valence-corrected chi connectivity index (χ1v) is 6.16. The van der Waals surface area contributed by atoms with Gasteiger partial charge in [-0.2, -0.15) is 0 Å². The van der Waals surface area contributed by atoms with Gasteiger partial charge in [0.15, 0.2) is 0 Å². The number of hydrogen-bond donors (Lipinski definition) is 3. The molecule has 0 aromatic rings. The summed E-state index contributed by atoms with van der Waals surface area (Å²) in [5.41, 5.74) is 0. The van der Waals surface area contributed by atoms with Crippen LogP contribution in [0.1, 0.15) is 39.5 Å². The van der Waals surface area contributed by atoms with Gasteiger partial charge in [0.25, 0.3) is 0 Å². The van der Waals surface area contributed by atoms with Crippen LogP contribution < -0.4 is 5.32 Å². The largest absolute Gasteiger partial charge is 0.395 e. The van der Waals surface area contributed by atoms with Gasteiger partial charge in [-0.25, -0.2) is 0 Å². The van der Waals surface area contributed by atoms with Gasteiger partial charge in [-0.3, -0.25) is 0 Å². The third-order valence-corrected chi connectivity index (χ3v) is 3.57. The van der Waals surface area contributed by atoms with E-state index >= 15 is 0 Å². The maximum atomic E-state index is 9.06. The van der Waals surface area contributed by atoms with E-state index in [9.17, 15) is 0 Å². The van der Waals surface area contributed by atoms with Gasteiger partial charge in [-0.1, -0.05) is 26.7 Å². The Hall–Kier alpha value is -0.120. The summed E-state index contributed by atoms with van der Waals surface area (Å²) in [6, 6.07) is 0.331. The van der Waals surface area contributed by atoms with Crippen molar-refractivity contribution in [3.63, 3.8) is 0 Å². The van der Waals surface area contributed by atoms with Crippen LogP contribution in [0.25, 0.3) is 0 Å². The lowest BCUT2D eigenvalue weighted by molar-refractivity contribution is 0.126. The Bertz CT molecular complexity index is 169. The molecule has 0 spiro atoms. The van der Waals surface area contributed by atoms with Crippen LogP contribution in [-0.4, -0.2) is 35.5 Å². The maximum Gasteiger partial charge on any atom is 0.0607 e. The van der Waals surface area contributed by atoms with Crippen LogP contribution in [0.3, 0.4) is 0 Å². The molecule has 0 amide bonds. The van der Waals surface area contributed by atoms with Crippen molar-refractivity contribution in [2.75, 3.05) is 13.2 Å². The Kier molecular flexibility index (Phi) is 5.58. The number of aliphatic hydroxyl groups is 2. The lowest BCUT2D eigenvalue weighted by Crippen LogP contribution is -2.48. The minimum Gasteiger partial charge on any atom is -0.395 e. The summed E-state index contributed by atoms with van der Waals surface area (Å²) in [5, 5.41) is 21.5. The quantitative estimate of drug-likeness (QED) is 0.645. The van der Waals surface area contributed by atoms with Crippen molar-refractivity contribution in [3.05, 3.63) is 0 Å². The number of rotatable bonds is 5. The second kappa shape index (κ2) is 6.46. The maximum absolute atomic E-state index is 9.06. The van der Waals surface area contributed by atoms with E-state index in [1.165, 1.54) is 25.7 Å². The zero-order valence-corrected chi connectivity index (χ0v) is 9.95. The molecule has 0 aromatic carbocycles. The fourth-order valence-electron chi connectivity index (χ4n) is 2.63. The fraction of sp³-hybridized carbons (Fsp3) is 1.00. The Morgan fingerprint density at radius 2 is 1.73 bits per heavy atom. The zero-order chi connectivity index (χ0) is 11.3. The molecule has 3 N–H and O–H groups in total. The van der Waals surface area contributed by atoms with E-state index in [2.05, 4.69) is 19.2 Å². The van der Waals surface area contributed by atoms with Crippen LogP contribution in [0.4, 0.5) is 0 Å². The lowest BCUT2D eigenvalue weighted by atomic mass is 9.77. The molecular formula is C12H25NO2. The molecular weight excluding hydrogens is 190 g/mol. The number of nitrogens with one attached hydrogen (secondary N) is 1. The molecule has 1 rings (SSSR count). The second-order valence-corrected chi connectivity index (χ2v) is 5.03. The van der Waals surface area contributed by atoms with E-state index < -0.39 is 0 Å². The predicted octanol–water partition coefficient (Wildman–Crippen LogP) is 1.14. The van der Waals surface area contributed by atoms with Crippen LogP contribution in [0.15, 0.2) is 0 Å². The topological polar surface area (TPSA) is 52.5 Å². The van der Waals surface area contributed by atoms with E-state index in [4.69, 9.17) is 10.2 Å². The number of aliphatic hydroxyl groups excluding tert-OH is 2. The van der Waals surface area contributed by atoms with Crippen molar-refractivity contribution in [2.24, 2.45) is 11.8 Å². The van der Waals surface area contributed by atoms with E-state index in [1.54, 1.807) is 0 Å². The molecule has 0 bridgehead atoms. The van der Waals surface area contributed by atoms with Crippen molar-refractivity contribution in [1.29, 1.82) is 0 Å². The van der Waals surface area contributed by atoms with Crippen LogP contribution in [0.5, 0.6) is 0 Å². The molecule has 1 aliphatic rings. The normalized spacial score (nSPS) is 27.6. The smallest absolute Gasteiger partial charge is 0.0607 e. The molecule has 3 nitrogen and oxygen atoms in total. The van der Waals surface area contributed by atoms with Gasteiger partial charge < -0.3 is 15.5 Å². The van der Waals surface area contributed by atoms with Gasteiger partial charge in [0.1, 0.15) is 0 Å². The predicted molar refractivity (Wildman–Crippen MR) is 61.7 cm³/mol. The second-order valence-electron chi connectivity index (χ2n) is 5.03. The van der Waals surface area contributed by atoms with Gasteiger partial charge in [0.2, 0.25) is 0 Å². The molecule has 2 atom stereocenters. The van der Waals surface area contributed by atoms with Gasteiger partial charge >= 0.3 is 0 Å². The van der Waals surface area contributed by atoms with Crippen LogP contribution >= 0.6 is 0 Å². The first-order chi connectivity index (χ1) is 7.19. The summed E-state index contributed by atoms with van der Waals surface area (Å²) < 4.78 is 0. The highest BCUT2D eigenvalue weighted by molar-refractivity contribution is 4.85. The van der Waals surface area contributed by atoms with Gasteiger partial charge in [0, 0.05) is 6.04 Å². The van der Waals surface area contributed by atoms with Crippen LogP contribution in [-0.2, 0) is 0 Å². The molecule has 90 valence electrons. The molecule has 1 fully saturated rings. The summed E-state index contributed by atoms with van der Waals surface area (Å²) in [6.45, 7) is 4.57. The molecule has 0 radical (unpaired) electrons. The monoisotopic (exact) mass is 215 g/mol. The molecule has 0 aromatic heterocycles. The number of hydrogen-bond acceptors (Lipinski definition) is 3. The Morgan fingerprint density at radius 3 is 2.27 bits per heavy atom. The SMILES string of the molecule is CC(C)C1CCCCC1NC(CO)CO. The third kappa shape index (κ3) is 3.74. The van der Waals surface area contributed by atoms with E-state index in [1.807, 2.05) is 0 Å². The van der Waals surface area contributed by atoms with E-state index in [-0.39, 0.29) is 19.3 Å². The Morgan fingerprint density at radius 1 is 1.13 bits per heavy atom. The Labute approximate surface area is 92.9 Å². The standard InChI is InChI=1S/C12H25NO2/c1-9(2)11-5-3-4-6-12(11)13-10(7-14)8-15/h9-15H,3-8H2,1-2H3. The van der Waals surface area contributed by atoms with Crippen molar-refractivity contribution in [1.82, 2.24) is 5.32 Å². The minimum atomic E-state index is -0.144. The summed E-state index contributed by atoms with van der Waals surface area (Å²) in [5.74, 6) is 1.38. The molecule has 0 heterocycles. The average molecular weight is 215 g/mol. The first kappa shape index (κ1) is 12.9. The van der Waals surface area contributed by atoms with Crippen molar-refractivity contribution < 1.29 is 10.2 Å². The highest BCUT2D eigenvalue weighted by Crippen LogP contribution is 2.30. The highest BCUT2D eigenvalue weighted by atomic mass is 16.3. The van der Waals surface area contributed by atoms with Crippen molar-refractivity contribution >= 4 is 0 Å². The molecule has 15 heavy (non-hydrogen) atoms. The fourth-order valence-corrected chi connectivity index (χ4v) is 2.63. The van der Waals surface area contributed by atoms with Gasteiger partial charge in [-0.15, -0.1) is 0 Å². The zero-order valence-electron chi connectivity index (χ0n) is 9.95. The summed E-state index contributed by atoms with van der Waals surface area (Å²) >= 11 is 0. The van der Waals surface area contributed by atoms with Gasteiger partial charge in [0.05, 0.1) is 19.3 Å². The molecule has 1 saturated carbocycles. The first-order valence-electron chi connectivity index (χ1n) is 6.16. The molecule has 1 aliphatic carbocycles. The van der Waals surface area contributed by atoms with Crippen LogP contribution in [0, 0.1) is 11.8 Å². The third-order valence-electron chi connectivity index (χ3n) is 3.57. The molecule has 0 saturated heterocycles. The minimum absolute atomic E-state index is 0.0256. The van der Waals surface area contributed by atoms with Crippen LogP contribution in [0.2, 0.25) is 0 Å². The van der Waals surface area contributed by atoms with E-state index in [0.29, 0.717) is 17.9 Å². The summed E-state index contributed by atoms with van der Waals surface area (Å²) in [7, 11) is 0. The molecule has 2 unspecified atom stereocenters. The lowest BCUT2D eigenvalue weighted by Gasteiger charge is -2.36. The average Bonchev–Trinajstić information content (AvgIpc) is 2.26. The molecule has 0 aliphatic heterocycles. The van der Waals surface area contributed by atoms with Crippen molar-refractivity contribution in [2.45, 2.75) is 51.6 Å². The summed E-state index contributed by atoms with van der Waals surface area (Å²) in [4.78, 5) is 0. The summed E-state index contributed by atoms with van der Waals surface area (Å²) in [6.07, 6.45) is 5.05. The molecule has 3 heteroatoms. The van der Waals surface area contributed by atoms with Gasteiger partial charge in [-0.05, 0) is 24.7 Å². The van der Waals surface area contributed by atoms with Crippen molar-refractivity contribution in [3.8, 4) is 0 Å². The Balaban J connectivity index is 2.48. The van der Waals surface area contributed by atoms with E-state index in [0.717, 1.165) is 0 Å². The highest BCUT2D eigenvalue weighted by Gasteiger charge is 2.28.